The third-order valence-corrected chi connectivity index (χ3v) is 4.55. The van der Waals surface area contributed by atoms with Crippen molar-refractivity contribution in [2.45, 2.75) is 20.4 Å². The van der Waals surface area contributed by atoms with Crippen molar-refractivity contribution in [3.8, 4) is 11.5 Å². The first kappa shape index (κ1) is 19.0. The fraction of sp³-hybridized carbons (Fsp3) is 0.200. The molecule has 3 amide bonds. The fourth-order valence-corrected chi connectivity index (χ4v) is 3.17. The third kappa shape index (κ3) is 4.14. The molecule has 6 nitrogen and oxygen atoms in total. The SMILES string of the molecule is CCOc1cc(Br)cc(/C=C2/NC(=O)N(Cc3ccc(C)cc3)C2=O)c1O. The van der Waals surface area contributed by atoms with Gasteiger partial charge < -0.3 is 15.2 Å². The van der Waals surface area contributed by atoms with Gasteiger partial charge in [0.1, 0.15) is 5.70 Å². The van der Waals surface area contributed by atoms with Crippen LogP contribution in [0.25, 0.3) is 6.08 Å². The van der Waals surface area contributed by atoms with Crippen molar-refractivity contribution in [1.82, 2.24) is 10.2 Å². The summed E-state index contributed by atoms with van der Waals surface area (Å²) in [4.78, 5) is 26.0. The highest BCUT2D eigenvalue weighted by Crippen LogP contribution is 2.35. The van der Waals surface area contributed by atoms with Gasteiger partial charge in [-0.25, -0.2) is 4.79 Å². The minimum absolute atomic E-state index is 0.0911. The van der Waals surface area contributed by atoms with E-state index in [1.54, 1.807) is 12.1 Å². The lowest BCUT2D eigenvalue weighted by molar-refractivity contribution is -0.123. The van der Waals surface area contributed by atoms with Crippen molar-refractivity contribution in [3.63, 3.8) is 0 Å². The second kappa shape index (κ2) is 7.84. The number of phenolic OH excluding ortho intramolecular Hbond substituents is 1. The topological polar surface area (TPSA) is 78.9 Å². The molecule has 0 saturated carbocycles. The molecule has 1 aliphatic heterocycles. The maximum atomic E-state index is 12.6. The molecule has 1 heterocycles. The van der Waals surface area contributed by atoms with Gasteiger partial charge in [-0.05, 0) is 37.6 Å². The van der Waals surface area contributed by atoms with Gasteiger partial charge in [0.15, 0.2) is 11.5 Å². The maximum Gasteiger partial charge on any atom is 0.329 e. The van der Waals surface area contributed by atoms with Gasteiger partial charge in [-0.3, -0.25) is 9.69 Å². The molecule has 27 heavy (non-hydrogen) atoms. The molecular formula is C20H19BrN2O4. The van der Waals surface area contributed by atoms with Crippen molar-refractivity contribution in [2.24, 2.45) is 0 Å². The van der Waals surface area contributed by atoms with Crippen LogP contribution < -0.4 is 10.1 Å². The first-order chi connectivity index (χ1) is 12.9. The van der Waals surface area contributed by atoms with Gasteiger partial charge in [0.25, 0.3) is 5.91 Å². The molecule has 0 aliphatic carbocycles. The molecule has 2 N–H and O–H groups in total. The number of urea groups is 1. The zero-order valence-corrected chi connectivity index (χ0v) is 16.5. The molecule has 0 atom stereocenters. The number of ether oxygens (including phenoxy) is 1. The Morgan fingerprint density at radius 3 is 2.59 bits per heavy atom. The molecule has 0 unspecified atom stereocenters. The number of carbonyl (C=O) groups is 2. The summed E-state index contributed by atoms with van der Waals surface area (Å²) < 4.78 is 6.07. The number of carbonyl (C=O) groups excluding carboxylic acids is 2. The van der Waals surface area contributed by atoms with E-state index in [1.807, 2.05) is 38.1 Å². The van der Waals surface area contributed by atoms with E-state index in [0.29, 0.717) is 22.4 Å². The molecule has 0 bridgehead atoms. The third-order valence-electron chi connectivity index (χ3n) is 4.09. The smallest absolute Gasteiger partial charge is 0.329 e. The first-order valence-electron chi connectivity index (χ1n) is 8.44. The number of aromatic hydroxyl groups is 1. The normalized spacial score (nSPS) is 15.4. The summed E-state index contributed by atoms with van der Waals surface area (Å²) in [7, 11) is 0. The minimum Gasteiger partial charge on any atom is -0.504 e. The summed E-state index contributed by atoms with van der Waals surface area (Å²) in [5.41, 5.74) is 2.43. The van der Waals surface area contributed by atoms with Crippen LogP contribution in [-0.2, 0) is 11.3 Å². The highest BCUT2D eigenvalue weighted by atomic mass is 79.9. The number of benzene rings is 2. The van der Waals surface area contributed by atoms with Gasteiger partial charge in [-0.1, -0.05) is 45.8 Å². The van der Waals surface area contributed by atoms with E-state index >= 15 is 0 Å². The highest BCUT2D eigenvalue weighted by Gasteiger charge is 2.33. The van der Waals surface area contributed by atoms with Crippen LogP contribution in [0.3, 0.4) is 0 Å². The van der Waals surface area contributed by atoms with Crippen LogP contribution in [0, 0.1) is 6.92 Å². The zero-order chi connectivity index (χ0) is 19.6. The predicted molar refractivity (Wildman–Crippen MR) is 105 cm³/mol. The van der Waals surface area contributed by atoms with E-state index in [1.165, 1.54) is 6.08 Å². The van der Waals surface area contributed by atoms with Crippen molar-refractivity contribution >= 4 is 33.9 Å². The van der Waals surface area contributed by atoms with Gasteiger partial charge >= 0.3 is 6.03 Å². The van der Waals surface area contributed by atoms with E-state index in [-0.39, 0.29) is 18.0 Å². The van der Waals surface area contributed by atoms with Crippen LogP contribution in [0.1, 0.15) is 23.6 Å². The van der Waals surface area contributed by atoms with E-state index in [2.05, 4.69) is 21.2 Å². The molecule has 3 rings (SSSR count). The Kier molecular flexibility index (Phi) is 5.51. The summed E-state index contributed by atoms with van der Waals surface area (Å²) in [5.74, 6) is -0.239. The van der Waals surface area contributed by atoms with Crippen LogP contribution >= 0.6 is 15.9 Å². The molecule has 1 saturated heterocycles. The molecule has 2 aromatic carbocycles. The van der Waals surface area contributed by atoms with Gasteiger partial charge in [0.2, 0.25) is 0 Å². The summed E-state index contributed by atoms with van der Waals surface area (Å²) >= 11 is 3.35. The largest absolute Gasteiger partial charge is 0.504 e. The predicted octanol–water partition coefficient (Wildman–Crippen LogP) is 3.95. The lowest BCUT2D eigenvalue weighted by Crippen LogP contribution is -2.30. The maximum absolute atomic E-state index is 12.6. The highest BCUT2D eigenvalue weighted by molar-refractivity contribution is 9.10. The standard InChI is InChI=1S/C20H19BrN2O4/c1-3-27-17-10-15(21)8-14(18(17)24)9-16-19(25)23(20(26)22-16)11-13-6-4-12(2)5-7-13/h4-10,24H,3,11H2,1-2H3,(H,22,26)/b16-9+. The molecule has 2 aromatic rings. The number of halogens is 1. The number of aryl methyl sites for hydroxylation is 1. The Morgan fingerprint density at radius 1 is 1.22 bits per heavy atom. The van der Waals surface area contributed by atoms with E-state index in [9.17, 15) is 14.7 Å². The quantitative estimate of drug-likeness (QED) is 0.555. The number of rotatable bonds is 5. The van der Waals surface area contributed by atoms with Crippen molar-refractivity contribution in [1.29, 1.82) is 0 Å². The minimum atomic E-state index is -0.494. The van der Waals surface area contributed by atoms with Crippen LogP contribution in [0.2, 0.25) is 0 Å². The first-order valence-corrected chi connectivity index (χ1v) is 9.23. The number of amides is 3. The Bertz CT molecular complexity index is 922. The van der Waals surface area contributed by atoms with E-state index in [0.717, 1.165) is 16.0 Å². The second-order valence-electron chi connectivity index (χ2n) is 6.14. The molecule has 0 spiro atoms. The number of hydrogen-bond acceptors (Lipinski definition) is 4. The number of phenols is 1. The van der Waals surface area contributed by atoms with Gasteiger partial charge in [0, 0.05) is 10.0 Å². The molecule has 1 aliphatic rings. The van der Waals surface area contributed by atoms with Crippen LogP contribution in [0.4, 0.5) is 4.79 Å². The summed E-state index contributed by atoms with van der Waals surface area (Å²) in [6, 6.07) is 10.4. The summed E-state index contributed by atoms with van der Waals surface area (Å²) in [6.07, 6.45) is 1.44. The molecule has 0 aromatic heterocycles. The zero-order valence-electron chi connectivity index (χ0n) is 15.0. The molecular weight excluding hydrogens is 412 g/mol. The molecule has 1 fully saturated rings. The average molecular weight is 431 g/mol. The van der Waals surface area contributed by atoms with Crippen molar-refractivity contribution in [2.75, 3.05) is 6.61 Å². The monoisotopic (exact) mass is 430 g/mol. The fourth-order valence-electron chi connectivity index (χ4n) is 2.72. The number of nitrogens with one attached hydrogen (secondary N) is 1. The van der Waals surface area contributed by atoms with Crippen molar-refractivity contribution < 1.29 is 19.4 Å². The van der Waals surface area contributed by atoms with E-state index < -0.39 is 11.9 Å². The van der Waals surface area contributed by atoms with Crippen LogP contribution in [0.5, 0.6) is 11.5 Å². The Hall–Kier alpha value is -2.80. The molecule has 7 heteroatoms. The number of hydrogen-bond donors (Lipinski definition) is 2. The lowest BCUT2D eigenvalue weighted by Gasteiger charge is -2.12. The summed E-state index contributed by atoms with van der Waals surface area (Å²) in [6.45, 7) is 4.35. The van der Waals surface area contributed by atoms with Crippen LogP contribution in [-0.4, -0.2) is 28.6 Å². The van der Waals surface area contributed by atoms with Gasteiger partial charge in [-0.2, -0.15) is 0 Å². The Morgan fingerprint density at radius 2 is 1.93 bits per heavy atom. The average Bonchev–Trinajstić information content (AvgIpc) is 2.88. The molecule has 0 radical (unpaired) electrons. The van der Waals surface area contributed by atoms with Gasteiger partial charge in [0.05, 0.1) is 13.2 Å². The number of nitrogens with zero attached hydrogens (tertiary/aromatic N) is 1. The summed E-state index contributed by atoms with van der Waals surface area (Å²) in [5, 5.41) is 12.9. The lowest BCUT2D eigenvalue weighted by atomic mass is 10.1. The van der Waals surface area contributed by atoms with Gasteiger partial charge in [-0.15, -0.1) is 0 Å². The van der Waals surface area contributed by atoms with Crippen LogP contribution in [0.15, 0.2) is 46.6 Å². The Balaban J connectivity index is 1.87. The Labute approximate surface area is 165 Å². The second-order valence-corrected chi connectivity index (χ2v) is 7.06. The van der Waals surface area contributed by atoms with E-state index in [4.69, 9.17) is 4.74 Å². The number of imide groups is 1. The van der Waals surface area contributed by atoms with Crippen molar-refractivity contribution in [3.05, 3.63) is 63.3 Å². The molecule has 140 valence electrons.